The molecule has 0 aliphatic heterocycles. The first kappa shape index (κ1) is 38.9. The molecule has 0 spiro atoms. The predicted molar refractivity (Wildman–Crippen MR) is 244 cm³/mol. The van der Waals surface area contributed by atoms with E-state index in [1.165, 1.54) is 132 Å². The van der Waals surface area contributed by atoms with Crippen LogP contribution in [0.4, 0.5) is 0 Å². The highest BCUT2D eigenvalue weighted by Gasteiger charge is 2.42. The molecule has 6 heteroatoms. The van der Waals surface area contributed by atoms with Gasteiger partial charge in [0.15, 0.2) is 10.8 Å². The normalized spacial score (nSPS) is 13.1. The molecule has 288 valence electrons. The predicted octanol–water partition coefficient (Wildman–Crippen LogP) is 16.3. The van der Waals surface area contributed by atoms with Gasteiger partial charge in [0, 0.05) is 25.6 Å². The molecule has 0 unspecified atom stereocenters. The molecular weight excluding hydrogens is 739 g/mol. The summed E-state index contributed by atoms with van der Waals surface area (Å²) in [6.45, 7) is 9.08. The molecule has 0 N–H and O–H groups in total. The number of benzene rings is 3. The average molecular weight is 794 g/mol. The smallest absolute Gasteiger partial charge is 0.189 e. The fourth-order valence-electron chi connectivity index (χ4n) is 8.81. The lowest BCUT2D eigenvalue weighted by Crippen LogP contribution is -2.25. The van der Waals surface area contributed by atoms with Gasteiger partial charge in [0.1, 0.15) is 0 Å². The Labute approximate surface area is 346 Å². The van der Waals surface area contributed by atoms with Crippen molar-refractivity contribution < 1.29 is 0 Å². The minimum Gasteiger partial charge on any atom is -0.233 e. The number of aryl methyl sites for hydroxylation is 2. The topological polar surface area (TPSA) is 38.7 Å². The Morgan fingerprint density at radius 3 is 1.86 bits per heavy atom. The Morgan fingerprint density at radius 1 is 0.518 bits per heavy atom. The molecular formula is C50H55N3S3. The second kappa shape index (κ2) is 17.7. The first-order valence-corrected chi connectivity index (χ1v) is 23.6. The molecule has 3 aromatic carbocycles. The molecule has 0 saturated heterocycles. The summed E-state index contributed by atoms with van der Waals surface area (Å²) in [5.74, 6) is 0.699. The molecule has 0 atom stereocenters. The number of para-hydroxylation sites is 1. The van der Waals surface area contributed by atoms with Crippen LogP contribution in [0.2, 0.25) is 0 Å². The lowest BCUT2D eigenvalue weighted by Gasteiger charge is -2.33. The summed E-state index contributed by atoms with van der Waals surface area (Å²) in [5, 5.41) is 0.865. The SMILES string of the molecule is CCCCCCCCC1(CCCCCCCC)c2cc(C)ccc2-c2ccc(-c3cc(-c4ccc(-c5ccc(C)s5)s4)nc(-c4nc5ccccc5s4)n3)cc21. The Bertz CT molecular complexity index is 2360. The van der Waals surface area contributed by atoms with Crippen molar-refractivity contribution in [3.8, 4) is 53.5 Å². The second-order valence-corrected chi connectivity index (χ2v) is 19.4. The van der Waals surface area contributed by atoms with Crippen molar-refractivity contribution in [1.82, 2.24) is 15.0 Å². The molecule has 4 aromatic heterocycles. The molecule has 0 radical (unpaired) electrons. The van der Waals surface area contributed by atoms with Crippen LogP contribution in [0.15, 0.2) is 91.0 Å². The molecule has 0 bridgehead atoms. The summed E-state index contributed by atoms with van der Waals surface area (Å²) < 4.78 is 1.16. The molecule has 1 aliphatic rings. The number of fused-ring (bicyclic) bond motifs is 4. The van der Waals surface area contributed by atoms with Crippen molar-refractivity contribution in [1.29, 1.82) is 0 Å². The first-order chi connectivity index (χ1) is 27.5. The monoisotopic (exact) mass is 793 g/mol. The molecule has 0 saturated carbocycles. The highest BCUT2D eigenvalue weighted by Crippen LogP contribution is 2.55. The van der Waals surface area contributed by atoms with Crippen LogP contribution >= 0.6 is 34.0 Å². The lowest BCUT2D eigenvalue weighted by atomic mass is 9.70. The quantitative estimate of drug-likeness (QED) is 0.0812. The van der Waals surface area contributed by atoms with Gasteiger partial charge in [0.05, 0.1) is 26.5 Å². The zero-order chi connectivity index (χ0) is 38.5. The minimum atomic E-state index is 0.00935. The highest BCUT2D eigenvalue weighted by molar-refractivity contribution is 7.24. The molecule has 1 aliphatic carbocycles. The van der Waals surface area contributed by atoms with Crippen molar-refractivity contribution >= 4 is 44.2 Å². The van der Waals surface area contributed by atoms with Crippen molar-refractivity contribution in [2.45, 2.75) is 123 Å². The van der Waals surface area contributed by atoms with E-state index in [0.717, 1.165) is 31.5 Å². The van der Waals surface area contributed by atoms with E-state index < -0.39 is 0 Å². The third-order valence-electron chi connectivity index (χ3n) is 11.8. The molecule has 3 nitrogen and oxygen atoms in total. The van der Waals surface area contributed by atoms with Gasteiger partial charge in [-0.25, -0.2) is 15.0 Å². The summed E-state index contributed by atoms with van der Waals surface area (Å²) >= 11 is 5.34. The van der Waals surface area contributed by atoms with Gasteiger partial charge in [0.25, 0.3) is 0 Å². The standard InChI is InChI=1S/C50H55N3S3/c1-5-7-9-11-13-17-29-50(30-18-14-12-10-8-6-2)39-31-34(3)21-24-37(39)38-25-23-36(32-40(38)50)42-33-43(45-27-28-47(55-45)46-26-22-35(4)54-46)52-48(51-42)49-53-41-19-15-16-20-44(41)56-49/h15-16,19-28,31-33H,5-14,17-18,29-30H2,1-4H3. The molecule has 8 rings (SSSR count). The summed E-state index contributed by atoms with van der Waals surface area (Å²) in [6, 6.07) is 34.0. The highest BCUT2D eigenvalue weighted by atomic mass is 32.1. The Morgan fingerprint density at radius 2 is 1.14 bits per heavy atom. The fourth-order valence-corrected chi connectivity index (χ4v) is 11.6. The Hall–Kier alpha value is -3.97. The van der Waals surface area contributed by atoms with Gasteiger partial charge in [-0.3, -0.25) is 0 Å². The number of rotatable bonds is 18. The van der Waals surface area contributed by atoms with Crippen LogP contribution in [-0.2, 0) is 5.41 Å². The number of thiophene rings is 2. The zero-order valence-electron chi connectivity index (χ0n) is 33.6. The summed E-state index contributed by atoms with van der Waals surface area (Å²) in [6.07, 6.45) is 18.2. The van der Waals surface area contributed by atoms with E-state index in [2.05, 4.69) is 119 Å². The number of unbranched alkanes of at least 4 members (excludes halogenated alkanes) is 10. The average Bonchev–Trinajstić information content (AvgIpc) is 4.03. The van der Waals surface area contributed by atoms with Gasteiger partial charge in [-0.15, -0.1) is 34.0 Å². The molecule has 4 heterocycles. The van der Waals surface area contributed by atoms with E-state index in [0.29, 0.717) is 5.82 Å². The Balaban J connectivity index is 1.22. The van der Waals surface area contributed by atoms with Gasteiger partial charge in [-0.05, 0) is 97.5 Å². The summed E-state index contributed by atoms with van der Waals surface area (Å²) in [5.41, 5.74) is 11.4. The Kier molecular flexibility index (Phi) is 12.3. The van der Waals surface area contributed by atoms with Gasteiger partial charge in [-0.1, -0.05) is 139 Å². The maximum Gasteiger partial charge on any atom is 0.189 e. The maximum absolute atomic E-state index is 5.35. The largest absolute Gasteiger partial charge is 0.233 e. The van der Waals surface area contributed by atoms with E-state index in [4.69, 9.17) is 15.0 Å². The van der Waals surface area contributed by atoms with Crippen LogP contribution in [0.3, 0.4) is 0 Å². The van der Waals surface area contributed by atoms with Crippen LogP contribution in [-0.4, -0.2) is 15.0 Å². The number of hydrogen-bond acceptors (Lipinski definition) is 6. The summed E-state index contributed by atoms with van der Waals surface area (Å²) in [7, 11) is 0. The van der Waals surface area contributed by atoms with Crippen molar-refractivity contribution in [3.05, 3.63) is 113 Å². The van der Waals surface area contributed by atoms with Crippen LogP contribution in [0.5, 0.6) is 0 Å². The van der Waals surface area contributed by atoms with E-state index in [-0.39, 0.29) is 5.41 Å². The van der Waals surface area contributed by atoms with E-state index >= 15 is 0 Å². The van der Waals surface area contributed by atoms with Crippen LogP contribution in [0.25, 0.3) is 63.8 Å². The summed E-state index contributed by atoms with van der Waals surface area (Å²) in [4.78, 5) is 20.7. The molecule has 0 amide bonds. The van der Waals surface area contributed by atoms with Crippen molar-refractivity contribution in [2.24, 2.45) is 0 Å². The van der Waals surface area contributed by atoms with Crippen LogP contribution < -0.4 is 0 Å². The molecule has 56 heavy (non-hydrogen) atoms. The van der Waals surface area contributed by atoms with E-state index in [1.54, 1.807) is 16.9 Å². The van der Waals surface area contributed by atoms with E-state index in [9.17, 15) is 0 Å². The molecule has 7 aromatic rings. The second-order valence-electron chi connectivity index (χ2n) is 16.0. The van der Waals surface area contributed by atoms with Gasteiger partial charge in [0.2, 0.25) is 0 Å². The maximum atomic E-state index is 5.35. The minimum absolute atomic E-state index is 0.00935. The number of thiazole rings is 1. The van der Waals surface area contributed by atoms with Gasteiger partial charge < -0.3 is 0 Å². The van der Waals surface area contributed by atoms with Gasteiger partial charge in [-0.2, -0.15) is 0 Å². The third-order valence-corrected chi connectivity index (χ3v) is 15.1. The first-order valence-electron chi connectivity index (χ1n) is 21.1. The van der Waals surface area contributed by atoms with Gasteiger partial charge >= 0.3 is 0 Å². The lowest BCUT2D eigenvalue weighted by molar-refractivity contribution is 0.398. The van der Waals surface area contributed by atoms with E-state index in [1.807, 2.05) is 22.7 Å². The van der Waals surface area contributed by atoms with Crippen LogP contribution in [0.1, 0.15) is 125 Å². The van der Waals surface area contributed by atoms with Crippen molar-refractivity contribution in [3.63, 3.8) is 0 Å². The van der Waals surface area contributed by atoms with Crippen LogP contribution in [0, 0.1) is 13.8 Å². The third kappa shape index (κ3) is 8.21. The fraction of sp³-hybridized carbons (Fsp3) is 0.380. The number of hydrogen-bond donors (Lipinski definition) is 0. The molecule has 0 fully saturated rings. The zero-order valence-corrected chi connectivity index (χ0v) is 36.1. The number of nitrogens with zero attached hydrogens (tertiary/aromatic N) is 3. The number of aromatic nitrogens is 3. The van der Waals surface area contributed by atoms with Crippen molar-refractivity contribution in [2.75, 3.05) is 0 Å².